The van der Waals surface area contributed by atoms with E-state index in [1.807, 2.05) is 27.0 Å². The number of aromatic nitrogens is 2. The number of aryl methyl sites for hydroxylation is 2. The predicted octanol–water partition coefficient (Wildman–Crippen LogP) is 1.83. The van der Waals surface area contributed by atoms with E-state index in [9.17, 15) is 0 Å². The topological polar surface area (TPSA) is 82.9 Å². The Morgan fingerprint density at radius 2 is 2.00 bits per heavy atom. The molecule has 0 saturated carbocycles. The van der Waals surface area contributed by atoms with Crippen LogP contribution in [0.15, 0.2) is 26.4 Å². The molecule has 1 N–H and O–H groups in total. The number of guanidine groups is 1. The molecule has 0 amide bonds. The lowest BCUT2D eigenvalue weighted by molar-refractivity contribution is 0.169. The number of nitrogens with one attached hydrogen (secondary N) is 1. The summed E-state index contributed by atoms with van der Waals surface area (Å²) in [4.78, 5) is 9.10. The summed E-state index contributed by atoms with van der Waals surface area (Å²) in [7, 11) is 1.83. The molecule has 0 aromatic carbocycles. The highest BCUT2D eigenvalue weighted by molar-refractivity contribution is 14.0. The van der Waals surface area contributed by atoms with E-state index in [-0.39, 0.29) is 24.0 Å². The first-order chi connectivity index (χ1) is 12.2. The minimum absolute atomic E-state index is 0. The van der Waals surface area contributed by atoms with Crippen LogP contribution in [0.3, 0.4) is 0 Å². The molecule has 0 unspecified atom stereocenters. The van der Waals surface area contributed by atoms with E-state index in [0.29, 0.717) is 0 Å². The maximum atomic E-state index is 5.21. The van der Waals surface area contributed by atoms with Crippen molar-refractivity contribution in [3.8, 4) is 0 Å². The Hall–Kier alpha value is -1.62. The van der Waals surface area contributed by atoms with Crippen molar-refractivity contribution in [1.29, 1.82) is 0 Å². The molecule has 1 aliphatic heterocycles. The van der Waals surface area contributed by atoms with Gasteiger partial charge < -0.3 is 19.3 Å². The van der Waals surface area contributed by atoms with E-state index in [0.717, 1.165) is 68.8 Å². The largest absolute Gasteiger partial charge is 0.364 e. The minimum Gasteiger partial charge on any atom is -0.364 e. The van der Waals surface area contributed by atoms with Gasteiger partial charge in [-0.2, -0.15) is 0 Å². The highest BCUT2D eigenvalue weighted by Gasteiger charge is 2.20. The molecule has 1 fully saturated rings. The summed E-state index contributed by atoms with van der Waals surface area (Å²) in [5.74, 6) is 1.85. The fourth-order valence-electron chi connectivity index (χ4n) is 3.16. The molecule has 1 aliphatic rings. The minimum atomic E-state index is 0. The van der Waals surface area contributed by atoms with E-state index in [1.165, 1.54) is 5.56 Å². The van der Waals surface area contributed by atoms with Gasteiger partial charge in [0.25, 0.3) is 0 Å². The molecule has 0 radical (unpaired) electrons. The lowest BCUT2D eigenvalue weighted by atomic mass is 10.1. The van der Waals surface area contributed by atoms with Crippen molar-refractivity contribution < 1.29 is 9.05 Å². The molecule has 0 atom stereocenters. The van der Waals surface area contributed by atoms with Gasteiger partial charge in [-0.25, -0.2) is 0 Å². The molecule has 0 spiro atoms. The summed E-state index contributed by atoms with van der Waals surface area (Å²) in [6.07, 6.45) is 2.50. The first-order valence-electron chi connectivity index (χ1n) is 8.66. The van der Waals surface area contributed by atoms with E-state index in [4.69, 9.17) is 9.05 Å². The molecular weight excluding hydrogens is 447 g/mol. The lowest BCUT2D eigenvalue weighted by Gasteiger charge is -2.36. The Kier molecular flexibility index (Phi) is 7.88. The predicted molar refractivity (Wildman–Crippen MR) is 110 cm³/mol. The van der Waals surface area contributed by atoms with Crippen LogP contribution >= 0.6 is 24.0 Å². The van der Waals surface area contributed by atoms with Gasteiger partial charge in [0, 0.05) is 57.9 Å². The summed E-state index contributed by atoms with van der Waals surface area (Å²) in [5.41, 5.74) is 3.13. The van der Waals surface area contributed by atoms with Crippen LogP contribution in [0.1, 0.15) is 22.7 Å². The van der Waals surface area contributed by atoms with Crippen LogP contribution < -0.4 is 5.32 Å². The molecule has 26 heavy (non-hydrogen) atoms. The lowest BCUT2D eigenvalue weighted by Crippen LogP contribution is -2.52. The van der Waals surface area contributed by atoms with Crippen LogP contribution in [0.25, 0.3) is 0 Å². The van der Waals surface area contributed by atoms with Crippen molar-refractivity contribution in [3.63, 3.8) is 0 Å². The number of hydrogen-bond donors (Lipinski definition) is 1. The molecular formula is C17H27IN6O2. The number of aliphatic imine (C=N–C) groups is 1. The first kappa shape index (κ1) is 20.7. The fourth-order valence-corrected chi connectivity index (χ4v) is 3.16. The standard InChI is InChI=1S/C17H26N6O2.HI/c1-13-16(14(2)25-20-13)4-6-19-17(18-3)23-9-7-22(8-10-23)12-15-5-11-24-21-15;/h5,11H,4,6-10,12H2,1-3H3,(H,18,19);1H. The number of piperazine rings is 1. The Morgan fingerprint density at radius 1 is 1.23 bits per heavy atom. The average Bonchev–Trinajstić information content (AvgIpc) is 3.24. The summed E-state index contributed by atoms with van der Waals surface area (Å²) in [6, 6.07) is 1.92. The molecule has 144 valence electrons. The molecule has 9 heteroatoms. The van der Waals surface area contributed by atoms with Gasteiger partial charge >= 0.3 is 0 Å². The van der Waals surface area contributed by atoms with Crippen LogP contribution in [0.5, 0.6) is 0 Å². The van der Waals surface area contributed by atoms with Crippen LogP contribution in [0, 0.1) is 13.8 Å². The highest BCUT2D eigenvalue weighted by atomic mass is 127. The van der Waals surface area contributed by atoms with Gasteiger partial charge in [0.1, 0.15) is 12.0 Å². The van der Waals surface area contributed by atoms with Crippen LogP contribution in [0.2, 0.25) is 0 Å². The SMILES string of the molecule is CN=C(NCCc1c(C)noc1C)N1CCN(Cc2ccon2)CC1.I. The third kappa shape index (κ3) is 5.19. The van der Waals surface area contributed by atoms with Crippen molar-refractivity contribution in [3.05, 3.63) is 35.0 Å². The smallest absolute Gasteiger partial charge is 0.193 e. The van der Waals surface area contributed by atoms with E-state index >= 15 is 0 Å². The molecule has 2 aromatic rings. The summed E-state index contributed by atoms with van der Waals surface area (Å²) >= 11 is 0. The summed E-state index contributed by atoms with van der Waals surface area (Å²) in [6.45, 7) is 9.45. The van der Waals surface area contributed by atoms with Gasteiger partial charge in [0.15, 0.2) is 5.96 Å². The number of rotatable bonds is 5. The Morgan fingerprint density at radius 3 is 2.58 bits per heavy atom. The molecule has 1 saturated heterocycles. The number of hydrogen-bond acceptors (Lipinski definition) is 6. The summed E-state index contributed by atoms with van der Waals surface area (Å²) in [5, 5.41) is 11.4. The zero-order valence-corrected chi connectivity index (χ0v) is 17.9. The zero-order chi connectivity index (χ0) is 17.6. The number of halogens is 1. The second-order valence-corrected chi connectivity index (χ2v) is 6.28. The maximum Gasteiger partial charge on any atom is 0.193 e. The van der Waals surface area contributed by atoms with Gasteiger partial charge in [-0.15, -0.1) is 24.0 Å². The second kappa shape index (κ2) is 9.91. The van der Waals surface area contributed by atoms with Gasteiger partial charge in [-0.05, 0) is 20.3 Å². The Balaban J connectivity index is 0.00000243. The summed E-state index contributed by atoms with van der Waals surface area (Å²) < 4.78 is 10.1. The van der Waals surface area contributed by atoms with Crippen LogP contribution in [-0.4, -0.2) is 65.8 Å². The fraction of sp³-hybridized carbons (Fsp3) is 0.588. The second-order valence-electron chi connectivity index (χ2n) is 6.28. The van der Waals surface area contributed by atoms with Crippen LogP contribution in [-0.2, 0) is 13.0 Å². The van der Waals surface area contributed by atoms with Crippen molar-refractivity contribution in [1.82, 2.24) is 25.4 Å². The van der Waals surface area contributed by atoms with Gasteiger partial charge in [-0.1, -0.05) is 10.3 Å². The molecule has 2 aromatic heterocycles. The molecule has 0 bridgehead atoms. The van der Waals surface area contributed by atoms with Crippen molar-refractivity contribution in [2.24, 2.45) is 4.99 Å². The van der Waals surface area contributed by atoms with Gasteiger partial charge in [-0.3, -0.25) is 9.89 Å². The molecule has 3 rings (SSSR count). The van der Waals surface area contributed by atoms with Crippen LogP contribution in [0.4, 0.5) is 0 Å². The first-order valence-corrected chi connectivity index (χ1v) is 8.66. The van der Waals surface area contributed by atoms with Crippen molar-refractivity contribution in [2.75, 3.05) is 39.8 Å². The maximum absolute atomic E-state index is 5.21. The Bertz CT molecular complexity index is 673. The monoisotopic (exact) mass is 474 g/mol. The van der Waals surface area contributed by atoms with E-state index in [1.54, 1.807) is 6.26 Å². The third-order valence-electron chi connectivity index (χ3n) is 4.60. The molecule has 3 heterocycles. The molecule has 0 aliphatic carbocycles. The van der Waals surface area contributed by atoms with Crippen molar-refractivity contribution in [2.45, 2.75) is 26.8 Å². The zero-order valence-electron chi connectivity index (χ0n) is 15.6. The third-order valence-corrected chi connectivity index (χ3v) is 4.60. The quantitative estimate of drug-likeness (QED) is 0.402. The Labute approximate surface area is 171 Å². The van der Waals surface area contributed by atoms with Gasteiger partial charge in [0.05, 0.1) is 11.4 Å². The van der Waals surface area contributed by atoms with Gasteiger partial charge in [0.2, 0.25) is 0 Å². The molecule has 8 nitrogen and oxygen atoms in total. The van der Waals surface area contributed by atoms with E-state index in [2.05, 4.69) is 30.4 Å². The van der Waals surface area contributed by atoms with Crippen molar-refractivity contribution >= 4 is 29.9 Å². The van der Waals surface area contributed by atoms with E-state index < -0.39 is 0 Å². The highest BCUT2D eigenvalue weighted by Crippen LogP contribution is 2.12. The normalized spacial score (nSPS) is 15.8. The average molecular weight is 474 g/mol. The number of nitrogens with zero attached hydrogens (tertiary/aromatic N) is 5.